The van der Waals surface area contributed by atoms with Gasteiger partial charge in [0.2, 0.25) is 0 Å². The topological polar surface area (TPSA) is 46.5 Å². The predicted molar refractivity (Wildman–Crippen MR) is 76.5 cm³/mol. The normalized spacial score (nSPS) is 15.7. The van der Waals surface area contributed by atoms with Crippen LogP contribution in [0.4, 0.5) is 0 Å². The lowest BCUT2D eigenvalue weighted by molar-refractivity contribution is 0.0697. The number of ether oxygens (including phenoxy) is 1. The van der Waals surface area contributed by atoms with Gasteiger partial charge in [0, 0.05) is 0 Å². The molecule has 1 N–H and O–H groups in total. The third kappa shape index (κ3) is 2.52. The first-order valence-corrected chi connectivity index (χ1v) is 6.69. The Morgan fingerprint density at radius 1 is 1.00 bits per heavy atom. The summed E-state index contributed by atoms with van der Waals surface area (Å²) in [6.07, 6.45) is 2.51. The number of aromatic carboxylic acids is 1. The molecule has 0 heterocycles. The SMILES string of the molecule is CC1(c2ccc(Oc3ccc(C(=O)O)cc3)cc2)CC1. The summed E-state index contributed by atoms with van der Waals surface area (Å²) in [6.45, 7) is 2.27. The van der Waals surface area contributed by atoms with Gasteiger partial charge in [0.1, 0.15) is 11.5 Å². The van der Waals surface area contributed by atoms with E-state index in [-0.39, 0.29) is 5.56 Å². The molecule has 1 aliphatic rings. The van der Waals surface area contributed by atoms with Crippen molar-refractivity contribution in [3.05, 3.63) is 59.7 Å². The number of hydrogen-bond donors (Lipinski definition) is 1. The van der Waals surface area contributed by atoms with Crippen LogP contribution in [0.5, 0.6) is 11.5 Å². The Bertz CT molecular complexity index is 622. The van der Waals surface area contributed by atoms with Gasteiger partial charge in [-0.05, 0) is 60.2 Å². The molecule has 1 aliphatic carbocycles. The maximum atomic E-state index is 10.8. The Kier molecular flexibility index (Phi) is 2.97. The molecule has 0 amide bonds. The molecule has 20 heavy (non-hydrogen) atoms. The van der Waals surface area contributed by atoms with Crippen LogP contribution in [0.25, 0.3) is 0 Å². The fourth-order valence-corrected chi connectivity index (χ4v) is 2.20. The summed E-state index contributed by atoms with van der Waals surface area (Å²) in [5.41, 5.74) is 1.97. The summed E-state index contributed by atoms with van der Waals surface area (Å²) in [5, 5.41) is 8.84. The summed E-state index contributed by atoms with van der Waals surface area (Å²) >= 11 is 0. The first kappa shape index (κ1) is 12.7. The van der Waals surface area contributed by atoms with E-state index in [1.807, 2.05) is 12.1 Å². The molecule has 2 aromatic carbocycles. The Morgan fingerprint density at radius 2 is 1.50 bits per heavy atom. The van der Waals surface area contributed by atoms with Gasteiger partial charge in [-0.2, -0.15) is 0 Å². The lowest BCUT2D eigenvalue weighted by Crippen LogP contribution is -1.98. The van der Waals surface area contributed by atoms with Crippen LogP contribution in [-0.4, -0.2) is 11.1 Å². The molecular formula is C17H16O3. The second-order valence-corrected chi connectivity index (χ2v) is 5.52. The lowest BCUT2D eigenvalue weighted by atomic mass is 9.99. The van der Waals surface area contributed by atoms with Crippen molar-refractivity contribution in [3.8, 4) is 11.5 Å². The molecule has 3 rings (SSSR count). The summed E-state index contributed by atoms with van der Waals surface area (Å²) < 4.78 is 5.71. The fourth-order valence-electron chi connectivity index (χ4n) is 2.20. The van der Waals surface area contributed by atoms with Crippen molar-refractivity contribution in [2.24, 2.45) is 0 Å². The highest BCUT2D eigenvalue weighted by Crippen LogP contribution is 2.47. The van der Waals surface area contributed by atoms with Crippen molar-refractivity contribution in [2.45, 2.75) is 25.2 Å². The summed E-state index contributed by atoms with van der Waals surface area (Å²) in [5.74, 6) is 0.472. The monoisotopic (exact) mass is 268 g/mol. The molecule has 0 bridgehead atoms. The van der Waals surface area contributed by atoms with E-state index in [9.17, 15) is 4.79 Å². The van der Waals surface area contributed by atoms with Crippen LogP contribution >= 0.6 is 0 Å². The molecule has 0 spiro atoms. The fraction of sp³-hybridized carbons (Fsp3) is 0.235. The molecule has 3 heteroatoms. The maximum absolute atomic E-state index is 10.8. The highest BCUT2D eigenvalue weighted by Gasteiger charge is 2.38. The van der Waals surface area contributed by atoms with Crippen molar-refractivity contribution >= 4 is 5.97 Å². The number of carboxylic acids is 1. The van der Waals surface area contributed by atoms with E-state index in [0.717, 1.165) is 5.75 Å². The average Bonchev–Trinajstić information content (AvgIpc) is 3.19. The molecule has 0 atom stereocenters. The van der Waals surface area contributed by atoms with Crippen LogP contribution in [-0.2, 0) is 5.41 Å². The van der Waals surface area contributed by atoms with E-state index < -0.39 is 5.97 Å². The van der Waals surface area contributed by atoms with Crippen LogP contribution in [0, 0.1) is 0 Å². The third-order valence-electron chi connectivity index (χ3n) is 3.89. The highest BCUT2D eigenvalue weighted by molar-refractivity contribution is 5.87. The van der Waals surface area contributed by atoms with E-state index in [1.54, 1.807) is 12.1 Å². The largest absolute Gasteiger partial charge is 0.478 e. The van der Waals surface area contributed by atoms with E-state index in [0.29, 0.717) is 11.2 Å². The van der Waals surface area contributed by atoms with Crippen LogP contribution in [0.15, 0.2) is 48.5 Å². The van der Waals surface area contributed by atoms with Gasteiger partial charge in [0.15, 0.2) is 0 Å². The Balaban J connectivity index is 1.72. The number of benzene rings is 2. The minimum absolute atomic E-state index is 0.259. The van der Waals surface area contributed by atoms with Gasteiger partial charge in [-0.3, -0.25) is 0 Å². The summed E-state index contributed by atoms with van der Waals surface area (Å²) in [6, 6.07) is 14.5. The number of hydrogen-bond acceptors (Lipinski definition) is 2. The molecule has 102 valence electrons. The lowest BCUT2D eigenvalue weighted by Gasteiger charge is -2.10. The average molecular weight is 268 g/mol. The molecular weight excluding hydrogens is 252 g/mol. The van der Waals surface area contributed by atoms with Gasteiger partial charge in [-0.1, -0.05) is 19.1 Å². The van der Waals surface area contributed by atoms with Crippen LogP contribution in [0.1, 0.15) is 35.7 Å². The van der Waals surface area contributed by atoms with Gasteiger partial charge < -0.3 is 9.84 Å². The van der Waals surface area contributed by atoms with Gasteiger partial charge in [-0.15, -0.1) is 0 Å². The molecule has 0 radical (unpaired) electrons. The molecule has 1 fully saturated rings. The number of carbonyl (C=O) groups is 1. The van der Waals surface area contributed by atoms with Gasteiger partial charge in [0.05, 0.1) is 5.56 Å². The number of rotatable bonds is 4. The molecule has 3 nitrogen and oxygen atoms in total. The van der Waals surface area contributed by atoms with Crippen molar-refractivity contribution in [1.29, 1.82) is 0 Å². The second-order valence-electron chi connectivity index (χ2n) is 5.52. The third-order valence-corrected chi connectivity index (χ3v) is 3.89. The smallest absolute Gasteiger partial charge is 0.335 e. The zero-order valence-corrected chi connectivity index (χ0v) is 11.3. The van der Waals surface area contributed by atoms with E-state index in [4.69, 9.17) is 9.84 Å². The Hall–Kier alpha value is -2.29. The van der Waals surface area contributed by atoms with Gasteiger partial charge >= 0.3 is 5.97 Å². The van der Waals surface area contributed by atoms with Crippen molar-refractivity contribution in [1.82, 2.24) is 0 Å². The van der Waals surface area contributed by atoms with Gasteiger partial charge in [0.25, 0.3) is 0 Å². The molecule has 2 aromatic rings. The van der Waals surface area contributed by atoms with Crippen molar-refractivity contribution < 1.29 is 14.6 Å². The minimum Gasteiger partial charge on any atom is -0.478 e. The van der Waals surface area contributed by atoms with Gasteiger partial charge in [-0.25, -0.2) is 4.79 Å². The first-order chi connectivity index (χ1) is 9.57. The predicted octanol–water partition coefficient (Wildman–Crippen LogP) is 4.23. The summed E-state index contributed by atoms with van der Waals surface area (Å²) in [7, 11) is 0. The van der Waals surface area contributed by atoms with Crippen molar-refractivity contribution in [3.63, 3.8) is 0 Å². The molecule has 0 saturated heterocycles. The zero-order valence-electron chi connectivity index (χ0n) is 11.3. The van der Waals surface area contributed by atoms with E-state index >= 15 is 0 Å². The first-order valence-electron chi connectivity index (χ1n) is 6.69. The molecule has 0 unspecified atom stereocenters. The molecule has 0 aliphatic heterocycles. The van der Waals surface area contributed by atoms with Crippen LogP contribution in [0.3, 0.4) is 0 Å². The number of carboxylic acid groups (broad SMARTS) is 1. The molecule has 0 aromatic heterocycles. The zero-order chi connectivity index (χ0) is 14.2. The Morgan fingerprint density at radius 3 is 1.95 bits per heavy atom. The summed E-state index contributed by atoms with van der Waals surface area (Å²) in [4.78, 5) is 10.8. The minimum atomic E-state index is -0.932. The second kappa shape index (κ2) is 4.67. The standard InChI is InChI=1S/C17H16O3/c1-17(10-11-17)13-4-8-15(9-5-13)20-14-6-2-12(3-7-14)16(18)19/h2-9H,10-11H2,1H3,(H,18,19). The molecule has 1 saturated carbocycles. The van der Waals surface area contributed by atoms with Crippen molar-refractivity contribution in [2.75, 3.05) is 0 Å². The van der Waals surface area contributed by atoms with E-state index in [1.165, 1.54) is 30.5 Å². The highest BCUT2D eigenvalue weighted by atomic mass is 16.5. The van der Waals surface area contributed by atoms with E-state index in [2.05, 4.69) is 19.1 Å². The van der Waals surface area contributed by atoms with Crippen LogP contribution < -0.4 is 4.74 Å². The Labute approximate surface area is 117 Å². The maximum Gasteiger partial charge on any atom is 0.335 e. The quantitative estimate of drug-likeness (QED) is 0.902. The van der Waals surface area contributed by atoms with Crippen LogP contribution in [0.2, 0.25) is 0 Å².